The van der Waals surface area contributed by atoms with Gasteiger partial charge in [-0.2, -0.15) is 0 Å². The van der Waals surface area contributed by atoms with Crippen molar-refractivity contribution in [1.82, 2.24) is 0 Å². The molecule has 0 aliphatic rings. The minimum absolute atomic E-state index is 0.117. The summed E-state index contributed by atoms with van der Waals surface area (Å²) in [5.74, 6) is -2.40. The monoisotopic (exact) mass is 351 g/mol. The largest absolute Gasteiger partial charge is 0.461 e. The van der Waals surface area contributed by atoms with Gasteiger partial charge < -0.3 is 9.57 Å². The smallest absolute Gasteiger partial charge is 0.302 e. The molecular formula is C18H16F3NO3. The Morgan fingerprint density at radius 3 is 2.32 bits per heavy atom. The topological polar surface area (TPSA) is 47.9 Å². The van der Waals surface area contributed by atoms with E-state index in [9.17, 15) is 18.0 Å². The van der Waals surface area contributed by atoms with Crippen LogP contribution in [0.25, 0.3) is 0 Å². The first kappa shape index (κ1) is 18.5. The maximum Gasteiger partial charge on any atom is 0.302 e. The molecule has 0 aliphatic heterocycles. The van der Waals surface area contributed by atoms with Crippen molar-refractivity contribution in [3.63, 3.8) is 0 Å². The van der Waals surface area contributed by atoms with Crippen LogP contribution < -0.4 is 0 Å². The van der Waals surface area contributed by atoms with Gasteiger partial charge in [0.2, 0.25) is 0 Å². The van der Waals surface area contributed by atoms with Crippen molar-refractivity contribution in [2.45, 2.75) is 13.5 Å². The SMILES string of the molecule is CC(=O)OCc1ccc(/C(=N/OCCF)c2ccc(F)c(F)c2)cc1. The zero-order valence-corrected chi connectivity index (χ0v) is 13.5. The van der Waals surface area contributed by atoms with E-state index in [1.165, 1.54) is 13.0 Å². The van der Waals surface area contributed by atoms with Crippen LogP contribution in [-0.2, 0) is 21.0 Å². The molecule has 0 spiro atoms. The van der Waals surface area contributed by atoms with Gasteiger partial charge in [0, 0.05) is 18.1 Å². The molecule has 0 atom stereocenters. The highest BCUT2D eigenvalue weighted by Gasteiger charge is 2.12. The Balaban J connectivity index is 2.30. The number of carbonyl (C=O) groups excluding carboxylic acids is 1. The number of oxime groups is 1. The molecule has 0 N–H and O–H groups in total. The molecule has 0 aliphatic carbocycles. The van der Waals surface area contributed by atoms with Crippen LogP contribution in [0, 0.1) is 11.6 Å². The van der Waals surface area contributed by atoms with Gasteiger partial charge >= 0.3 is 5.97 Å². The quantitative estimate of drug-likeness (QED) is 0.330. The molecule has 4 nitrogen and oxygen atoms in total. The van der Waals surface area contributed by atoms with E-state index in [0.29, 0.717) is 5.56 Å². The molecule has 0 radical (unpaired) electrons. The van der Waals surface area contributed by atoms with Crippen molar-refractivity contribution in [1.29, 1.82) is 0 Å². The summed E-state index contributed by atoms with van der Waals surface area (Å²) in [7, 11) is 0. The molecule has 2 aromatic carbocycles. The molecule has 0 saturated heterocycles. The highest BCUT2D eigenvalue weighted by molar-refractivity contribution is 6.12. The maximum atomic E-state index is 13.5. The second-order valence-corrected chi connectivity index (χ2v) is 5.07. The molecule has 0 unspecified atom stereocenters. The summed E-state index contributed by atoms with van der Waals surface area (Å²) in [4.78, 5) is 15.7. The average molecular weight is 351 g/mol. The summed E-state index contributed by atoms with van der Waals surface area (Å²) >= 11 is 0. The zero-order valence-electron chi connectivity index (χ0n) is 13.5. The number of halogens is 3. The molecule has 25 heavy (non-hydrogen) atoms. The van der Waals surface area contributed by atoms with Gasteiger partial charge in [-0.1, -0.05) is 29.4 Å². The number of ether oxygens (including phenoxy) is 1. The van der Waals surface area contributed by atoms with E-state index in [2.05, 4.69) is 5.16 Å². The van der Waals surface area contributed by atoms with E-state index in [1.54, 1.807) is 24.3 Å². The number of benzene rings is 2. The van der Waals surface area contributed by atoms with Gasteiger partial charge in [-0.3, -0.25) is 4.79 Å². The number of hydrogen-bond acceptors (Lipinski definition) is 4. The Labute approximate surface area is 142 Å². The van der Waals surface area contributed by atoms with Crippen LogP contribution in [0.15, 0.2) is 47.6 Å². The van der Waals surface area contributed by atoms with Crippen LogP contribution in [0.5, 0.6) is 0 Å². The standard InChI is InChI=1S/C18H16F3NO3/c1-12(23)24-11-13-2-4-14(5-3-13)18(22-25-9-8-19)15-6-7-16(20)17(21)10-15/h2-7,10H,8-9,11H2,1H3/b22-18-. The van der Waals surface area contributed by atoms with E-state index < -0.39 is 24.3 Å². The third kappa shape index (κ3) is 5.34. The highest BCUT2D eigenvalue weighted by Crippen LogP contribution is 2.16. The molecule has 0 fully saturated rings. The minimum atomic E-state index is -1.03. The van der Waals surface area contributed by atoms with Gasteiger partial charge in [-0.15, -0.1) is 0 Å². The van der Waals surface area contributed by atoms with E-state index in [1.807, 2.05) is 0 Å². The van der Waals surface area contributed by atoms with Gasteiger partial charge in [0.25, 0.3) is 0 Å². The molecule has 0 amide bonds. The zero-order chi connectivity index (χ0) is 18.2. The van der Waals surface area contributed by atoms with Crippen LogP contribution in [0.4, 0.5) is 13.2 Å². The van der Waals surface area contributed by atoms with Gasteiger partial charge in [0.15, 0.2) is 11.6 Å². The second-order valence-electron chi connectivity index (χ2n) is 5.07. The van der Waals surface area contributed by atoms with Crippen LogP contribution in [-0.4, -0.2) is 25.0 Å². The first-order valence-corrected chi connectivity index (χ1v) is 7.45. The molecule has 7 heteroatoms. The Hall–Kier alpha value is -2.83. The van der Waals surface area contributed by atoms with E-state index >= 15 is 0 Å². The predicted molar refractivity (Wildman–Crippen MR) is 85.8 cm³/mol. The number of hydrogen-bond donors (Lipinski definition) is 0. The number of rotatable bonds is 7. The molecule has 0 bridgehead atoms. The summed E-state index contributed by atoms with van der Waals surface area (Å²) in [5.41, 5.74) is 1.81. The van der Waals surface area contributed by atoms with Crippen molar-refractivity contribution < 1.29 is 27.5 Å². The van der Waals surface area contributed by atoms with Crippen LogP contribution >= 0.6 is 0 Å². The van der Waals surface area contributed by atoms with Crippen molar-refractivity contribution in [3.05, 3.63) is 70.8 Å². The predicted octanol–water partition coefficient (Wildman–Crippen LogP) is 3.77. The number of alkyl halides is 1. The van der Waals surface area contributed by atoms with E-state index in [4.69, 9.17) is 9.57 Å². The molecule has 2 aromatic rings. The Kier molecular flexibility index (Phi) is 6.56. The van der Waals surface area contributed by atoms with Crippen molar-refractivity contribution in [3.8, 4) is 0 Å². The fourth-order valence-corrected chi connectivity index (χ4v) is 2.00. The maximum absolute atomic E-state index is 13.5. The van der Waals surface area contributed by atoms with Gasteiger partial charge in [0.05, 0.1) is 0 Å². The van der Waals surface area contributed by atoms with E-state index in [0.717, 1.165) is 17.7 Å². The lowest BCUT2D eigenvalue weighted by Crippen LogP contribution is -2.07. The lowest BCUT2D eigenvalue weighted by atomic mass is 10.0. The highest BCUT2D eigenvalue weighted by atomic mass is 19.2. The number of nitrogens with zero attached hydrogens (tertiary/aromatic N) is 1. The van der Waals surface area contributed by atoms with Crippen molar-refractivity contribution >= 4 is 11.7 Å². The molecule has 0 aromatic heterocycles. The van der Waals surface area contributed by atoms with Gasteiger partial charge in [-0.25, -0.2) is 13.2 Å². The fraction of sp³-hybridized carbons (Fsp3) is 0.222. The minimum Gasteiger partial charge on any atom is -0.461 e. The normalized spacial score (nSPS) is 11.3. The third-order valence-electron chi connectivity index (χ3n) is 3.19. The van der Waals surface area contributed by atoms with Crippen LogP contribution in [0.1, 0.15) is 23.6 Å². The average Bonchev–Trinajstić information content (AvgIpc) is 2.60. The molecule has 2 rings (SSSR count). The Morgan fingerprint density at radius 1 is 1.04 bits per heavy atom. The lowest BCUT2D eigenvalue weighted by molar-refractivity contribution is -0.142. The van der Waals surface area contributed by atoms with Crippen LogP contribution in [0.3, 0.4) is 0 Å². The summed E-state index contributed by atoms with van der Waals surface area (Å²) in [6.45, 7) is 0.448. The summed E-state index contributed by atoms with van der Waals surface area (Å²) < 4.78 is 43.8. The summed E-state index contributed by atoms with van der Waals surface area (Å²) in [5, 5.41) is 3.83. The Bertz CT molecular complexity index is 761. The Morgan fingerprint density at radius 2 is 1.72 bits per heavy atom. The van der Waals surface area contributed by atoms with Crippen LogP contribution in [0.2, 0.25) is 0 Å². The fourth-order valence-electron chi connectivity index (χ4n) is 2.00. The molecule has 0 saturated carbocycles. The molecule has 0 heterocycles. The number of carbonyl (C=O) groups is 1. The van der Waals surface area contributed by atoms with Gasteiger partial charge in [-0.05, 0) is 23.8 Å². The first-order chi connectivity index (χ1) is 12.0. The summed E-state index contributed by atoms with van der Waals surface area (Å²) in [6, 6.07) is 10.0. The first-order valence-electron chi connectivity index (χ1n) is 7.45. The number of esters is 1. The lowest BCUT2D eigenvalue weighted by Gasteiger charge is -2.09. The van der Waals surface area contributed by atoms with Crippen molar-refractivity contribution in [2.75, 3.05) is 13.3 Å². The molecular weight excluding hydrogens is 335 g/mol. The molecule has 132 valence electrons. The second kappa shape index (κ2) is 8.86. The summed E-state index contributed by atoms with van der Waals surface area (Å²) in [6.07, 6.45) is 0. The van der Waals surface area contributed by atoms with E-state index in [-0.39, 0.29) is 24.5 Å². The van der Waals surface area contributed by atoms with Gasteiger partial charge in [0.1, 0.15) is 25.6 Å². The van der Waals surface area contributed by atoms with Crippen molar-refractivity contribution in [2.24, 2.45) is 5.16 Å². The third-order valence-corrected chi connectivity index (χ3v) is 3.19.